The molecule has 4 rings (SSSR count). The van der Waals surface area contributed by atoms with Crippen molar-refractivity contribution >= 4 is 34.7 Å². The number of aromatic nitrogens is 1. The van der Waals surface area contributed by atoms with Crippen molar-refractivity contribution in [1.82, 2.24) is 25.8 Å². The number of H-pyrrole nitrogens is 1. The Labute approximate surface area is 252 Å². The highest BCUT2D eigenvalue weighted by Gasteiger charge is 2.47. The number of nitrogens with zero attached hydrogens (tertiary/aromatic N) is 1. The van der Waals surface area contributed by atoms with Gasteiger partial charge in [0.1, 0.15) is 17.6 Å². The summed E-state index contributed by atoms with van der Waals surface area (Å²) in [6, 6.07) is 15.1. The molecule has 0 radical (unpaired) electrons. The highest BCUT2D eigenvalue weighted by Crippen LogP contribution is 2.35. The number of carbonyl (C=O) groups excluding carboxylic acids is 3. The molecule has 10 heteroatoms. The van der Waals surface area contributed by atoms with Gasteiger partial charge in [-0.2, -0.15) is 0 Å². The Hall–Kier alpha value is -4.34. The van der Waals surface area contributed by atoms with Gasteiger partial charge in [-0.15, -0.1) is 0 Å². The van der Waals surface area contributed by atoms with Crippen LogP contribution in [-0.2, 0) is 33.8 Å². The SMILES string of the molecule is CC[C@H](C)[C@@H](C(=O)N[C@]1(C(=O)N[C@H](C(=O)NC)C(C)C)CCc2[nH]c3ccccc3c2C1)N(Cc1ccccc1)C(=O)O. The quantitative estimate of drug-likeness (QED) is 0.230. The molecule has 0 unspecified atom stereocenters. The Balaban J connectivity index is 1.75. The number of aromatic amines is 1. The zero-order chi connectivity index (χ0) is 31.3. The first-order valence-electron chi connectivity index (χ1n) is 15.0. The number of hydrogen-bond acceptors (Lipinski definition) is 4. The molecule has 1 heterocycles. The van der Waals surface area contributed by atoms with Crippen LogP contribution in [0.4, 0.5) is 4.79 Å². The van der Waals surface area contributed by atoms with Crippen molar-refractivity contribution in [1.29, 1.82) is 0 Å². The number of hydrogen-bond donors (Lipinski definition) is 5. The van der Waals surface area contributed by atoms with Crippen molar-refractivity contribution in [3.8, 4) is 0 Å². The summed E-state index contributed by atoms with van der Waals surface area (Å²) in [5, 5.41) is 19.9. The van der Waals surface area contributed by atoms with Gasteiger partial charge < -0.3 is 26.0 Å². The van der Waals surface area contributed by atoms with Gasteiger partial charge in [-0.1, -0.05) is 82.6 Å². The van der Waals surface area contributed by atoms with Gasteiger partial charge in [0.2, 0.25) is 17.7 Å². The Morgan fingerprint density at radius 2 is 1.67 bits per heavy atom. The fourth-order valence-corrected chi connectivity index (χ4v) is 6.03. The average molecular weight is 590 g/mol. The maximum absolute atomic E-state index is 14.3. The Kier molecular flexibility index (Phi) is 9.78. The molecule has 230 valence electrons. The lowest BCUT2D eigenvalue weighted by atomic mass is 9.78. The molecular weight excluding hydrogens is 546 g/mol. The predicted molar refractivity (Wildman–Crippen MR) is 165 cm³/mol. The van der Waals surface area contributed by atoms with E-state index < -0.39 is 35.5 Å². The smallest absolute Gasteiger partial charge is 0.408 e. The summed E-state index contributed by atoms with van der Waals surface area (Å²) in [6.07, 6.45) is 0.299. The van der Waals surface area contributed by atoms with Gasteiger partial charge in [-0.3, -0.25) is 19.3 Å². The molecule has 2 aromatic carbocycles. The second kappa shape index (κ2) is 13.3. The highest BCUT2D eigenvalue weighted by atomic mass is 16.4. The van der Waals surface area contributed by atoms with Gasteiger partial charge >= 0.3 is 6.09 Å². The van der Waals surface area contributed by atoms with E-state index in [4.69, 9.17) is 0 Å². The molecule has 10 nitrogen and oxygen atoms in total. The Morgan fingerprint density at radius 3 is 2.30 bits per heavy atom. The minimum Gasteiger partial charge on any atom is -0.465 e. The number of nitrogens with one attached hydrogen (secondary N) is 4. The van der Waals surface area contributed by atoms with E-state index in [2.05, 4.69) is 20.9 Å². The Bertz CT molecular complexity index is 1470. The van der Waals surface area contributed by atoms with E-state index in [0.717, 1.165) is 32.6 Å². The summed E-state index contributed by atoms with van der Waals surface area (Å²) in [6.45, 7) is 7.47. The monoisotopic (exact) mass is 589 g/mol. The lowest BCUT2D eigenvalue weighted by Gasteiger charge is -2.41. The normalized spacial score (nSPS) is 18.3. The first kappa shape index (κ1) is 31.6. The molecule has 0 fully saturated rings. The van der Waals surface area contributed by atoms with Crippen LogP contribution in [0.2, 0.25) is 0 Å². The van der Waals surface area contributed by atoms with Gasteiger partial charge in [-0.25, -0.2) is 4.79 Å². The third-order valence-corrected chi connectivity index (χ3v) is 8.69. The van der Waals surface area contributed by atoms with Crippen LogP contribution < -0.4 is 16.0 Å². The molecule has 0 bridgehead atoms. The van der Waals surface area contributed by atoms with Crippen molar-refractivity contribution in [2.75, 3.05) is 7.05 Å². The van der Waals surface area contributed by atoms with E-state index in [9.17, 15) is 24.3 Å². The summed E-state index contributed by atoms with van der Waals surface area (Å²) in [5.74, 6) is -1.86. The van der Waals surface area contributed by atoms with Gasteiger partial charge in [0.25, 0.3) is 0 Å². The molecule has 43 heavy (non-hydrogen) atoms. The number of likely N-dealkylation sites (N-methyl/N-ethyl adjacent to an activating group) is 1. The fourth-order valence-electron chi connectivity index (χ4n) is 6.03. The molecule has 0 saturated carbocycles. The van der Waals surface area contributed by atoms with E-state index in [0.29, 0.717) is 12.8 Å². The standard InChI is InChI=1S/C33H43N5O5/c1-6-21(4)28(38(32(42)43)19-22-12-8-7-9-13-22)30(40)37-33(31(41)36-27(20(2)3)29(39)34-5)17-16-26-24(18-33)23-14-10-11-15-25(23)35-26/h7-15,20-21,27-28,35H,6,16-19H2,1-5H3,(H,34,39)(H,36,41)(H,37,40)(H,42,43)/t21-,27-,28-,33+/m0/s1. The zero-order valence-electron chi connectivity index (χ0n) is 25.6. The number of carboxylic acid groups (broad SMARTS) is 1. The van der Waals surface area contributed by atoms with Crippen LogP contribution in [0.3, 0.4) is 0 Å². The third-order valence-electron chi connectivity index (χ3n) is 8.69. The molecule has 1 aliphatic carbocycles. The van der Waals surface area contributed by atoms with Crippen LogP contribution in [0.15, 0.2) is 54.6 Å². The van der Waals surface area contributed by atoms with Gasteiger partial charge in [0.15, 0.2) is 0 Å². The maximum atomic E-state index is 14.3. The lowest BCUT2D eigenvalue weighted by Crippen LogP contribution is -2.67. The molecule has 0 saturated heterocycles. The summed E-state index contributed by atoms with van der Waals surface area (Å²) < 4.78 is 0. The van der Waals surface area contributed by atoms with Crippen molar-refractivity contribution in [3.63, 3.8) is 0 Å². The van der Waals surface area contributed by atoms with E-state index in [1.807, 2.05) is 82.3 Å². The van der Waals surface area contributed by atoms with Crippen LogP contribution >= 0.6 is 0 Å². The summed E-state index contributed by atoms with van der Waals surface area (Å²) >= 11 is 0. The first-order valence-corrected chi connectivity index (χ1v) is 15.0. The Morgan fingerprint density at radius 1 is 1.00 bits per heavy atom. The molecule has 3 aromatic rings. The molecule has 1 aromatic heterocycles. The summed E-state index contributed by atoms with van der Waals surface area (Å²) in [7, 11) is 1.52. The van der Waals surface area contributed by atoms with Crippen LogP contribution in [0, 0.1) is 11.8 Å². The second-order valence-electron chi connectivity index (χ2n) is 11.9. The topological polar surface area (TPSA) is 144 Å². The van der Waals surface area contributed by atoms with Gasteiger partial charge in [0.05, 0.1) is 0 Å². The maximum Gasteiger partial charge on any atom is 0.408 e. The molecule has 5 N–H and O–H groups in total. The molecule has 4 atom stereocenters. The van der Waals surface area contributed by atoms with Crippen molar-refractivity contribution < 1.29 is 24.3 Å². The largest absolute Gasteiger partial charge is 0.465 e. The minimum atomic E-state index is -1.40. The van der Waals surface area contributed by atoms with Crippen molar-refractivity contribution in [3.05, 3.63) is 71.4 Å². The highest BCUT2D eigenvalue weighted by molar-refractivity contribution is 5.98. The molecule has 0 spiro atoms. The number of aryl methyl sites for hydroxylation is 1. The van der Waals surface area contributed by atoms with Crippen LogP contribution in [-0.4, -0.2) is 63.5 Å². The molecule has 1 aliphatic rings. The lowest BCUT2D eigenvalue weighted by molar-refractivity contribution is -0.139. The van der Waals surface area contributed by atoms with Crippen LogP contribution in [0.1, 0.15) is 57.4 Å². The summed E-state index contributed by atoms with van der Waals surface area (Å²) in [4.78, 5) is 58.5. The van der Waals surface area contributed by atoms with E-state index in [-0.39, 0.29) is 37.1 Å². The zero-order valence-corrected chi connectivity index (χ0v) is 25.6. The number of para-hydroxylation sites is 1. The number of rotatable bonds is 11. The number of benzene rings is 2. The fraction of sp³-hybridized carbons (Fsp3) is 0.455. The van der Waals surface area contributed by atoms with Crippen LogP contribution in [0.25, 0.3) is 10.9 Å². The number of fused-ring (bicyclic) bond motifs is 3. The molecule has 0 aliphatic heterocycles. The number of carbonyl (C=O) groups is 4. The second-order valence-corrected chi connectivity index (χ2v) is 11.9. The van der Waals surface area contributed by atoms with Crippen molar-refractivity contribution in [2.45, 2.75) is 77.5 Å². The average Bonchev–Trinajstić information content (AvgIpc) is 3.36. The summed E-state index contributed by atoms with van der Waals surface area (Å²) in [5.41, 5.74) is 2.22. The number of amides is 4. The van der Waals surface area contributed by atoms with E-state index >= 15 is 0 Å². The van der Waals surface area contributed by atoms with Crippen molar-refractivity contribution in [2.24, 2.45) is 11.8 Å². The van der Waals surface area contributed by atoms with E-state index in [1.165, 1.54) is 7.05 Å². The van der Waals surface area contributed by atoms with E-state index in [1.54, 1.807) is 0 Å². The molecular formula is C33H43N5O5. The molecule has 4 amide bonds. The van der Waals surface area contributed by atoms with Gasteiger partial charge in [-0.05, 0) is 41.9 Å². The third kappa shape index (κ3) is 6.68. The first-order chi connectivity index (χ1) is 20.5. The predicted octanol–water partition coefficient (Wildman–Crippen LogP) is 3.99. The van der Waals surface area contributed by atoms with Crippen LogP contribution in [0.5, 0.6) is 0 Å². The minimum absolute atomic E-state index is 0.0243. The van der Waals surface area contributed by atoms with Gasteiger partial charge in [0, 0.05) is 36.6 Å².